The molecule has 1 amide bonds. The van der Waals surface area contributed by atoms with Gasteiger partial charge in [-0.05, 0) is 12.8 Å². The summed E-state index contributed by atoms with van der Waals surface area (Å²) in [5, 5.41) is 0. The van der Waals surface area contributed by atoms with Gasteiger partial charge < -0.3 is 20.3 Å². The molecule has 2 heterocycles. The molecule has 1 aliphatic heterocycles. The zero-order valence-corrected chi connectivity index (χ0v) is 12.4. The van der Waals surface area contributed by atoms with Gasteiger partial charge in [-0.1, -0.05) is 0 Å². The number of carbonyl (C=O) groups is 1. The van der Waals surface area contributed by atoms with Crippen LogP contribution in [0.15, 0.2) is 12.4 Å². The smallest absolute Gasteiger partial charge is 0.209 e. The van der Waals surface area contributed by atoms with E-state index >= 15 is 0 Å². The Morgan fingerprint density at radius 1 is 1.52 bits per heavy atom. The van der Waals surface area contributed by atoms with Crippen molar-refractivity contribution in [2.24, 2.45) is 0 Å². The van der Waals surface area contributed by atoms with Gasteiger partial charge in [-0.2, -0.15) is 0 Å². The van der Waals surface area contributed by atoms with Gasteiger partial charge >= 0.3 is 0 Å². The lowest BCUT2D eigenvalue weighted by Gasteiger charge is -2.43. The third kappa shape index (κ3) is 3.24. The van der Waals surface area contributed by atoms with Crippen LogP contribution in [0.2, 0.25) is 0 Å². The molecule has 0 aliphatic carbocycles. The molecule has 0 bridgehead atoms. The van der Waals surface area contributed by atoms with Crippen LogP contribution in [0.25, 0.3) is 0 Å². The SMILES string of the molecule is COC1(CN(C)C=O)CCN(c2c(N)cncc2F)CC1. The molecule has 2 rings (SSSR count). The van der Waals surface area contributed by atoms with E-state index in [9.17, 15) is 9.18 Å². The Morgan fingerprint density at radius 2 is 2.19 bits per heavy atom. The molecule has 2 N–H and O–H groups in total. The lowest BCUT2D eigenvalue weighted by molar-refractivity contribution is -0.122. The highest BCUT2D eigenvalue weighted by atomic mass is 19.1. The van der Waals surface area contributed by atoms with Crippen molar-refractivity contribution in [3.63, 3.8) is 0 Å². The second kappa shape index (κ2) is 6.26. The van der Waals surface area contributed by atoms with E-state index in [4.69, 9.17) is 10.5 Å². The van der Waals surface area contributed by atoms with Crippen molar-refractivity contribution in [2.45, 2.75) is 18.4 Å². The zero-order chi connectivity index (χ0) is 15.5. The van der Waals surface area contributed by atoms with Crippen LogP contribution < -0.4 is 10.6 Å². The van der Waals surface area contributed by atoms with E-state index in [2.05, 4.69) is 4.98 Å². The summed E-state index contributed by atoms with van der Waals surface area (Å²) in [6.07, 6.45) is 4.81. The van der Waals surface area contributed by atoms with Crippen LogP contribution in [0, 0.1) is 5.82 Å². The van der Waals surface area contributed by atoms with Gasteiger partial charge in [0.1, 0.15) is 0 Å². The summed E-state index contributed by atoms with van der Waals surface area (Å²) in [4.78, 5) is 18.0. The van der Waals surface area contributed by atoms with Crippen LogP contribution in [-0.4, -0.2) is 55.7 Å². The molecule has 0 unspecified atom stereocenters. The first kappa shape index (κ1) is 15.5. The van der Waals surface area contributed by atoms with Crippen molar-refractivity contribution in [3.05, 3.63) is 18.2 Å². The molecule has 1 aromatic rings. The quantitative estimate of drug-likeness (QED) is 0.817. The van der Waals surface area contributed by atoms with Crippen molar-refractivity contribution >= 4 is 17.8 Å². The van der Waals surface area contributed by atoms with Crippen LogP contribution >= 0.6 is 0 Å². The van der Waals surface area contributed by atoms with Gasteiger partial charge in [0.15, 0.2) is 5.82 Å². The molecule has 7 heteroatoms. The van der Waals surface area contributed by atoms with E-state index in [-0.39, 0.29) is 5.60 Å². The molecule has 1 saturated heterocycles. The largest absolute Gasteiger partial charge is 0.396 e. The highest BCUT2D eigenvalue weighted by molar-refractivity contribution is 5.67. The zero-order valence-electron chi connectivity index (χ0n) is 12.4. The van der Waals surface area contributed by atoms with Crippen molar-refractivity contribution in [1.29, 1.82) is 0 Å². The monoisotopic (exact) mass is 296 g/mol. The Bertz CT molecular complexity index is 483. The maximum absolute atomic E-state index is 13.9. The van der Waals surface area contributed by atoms with Gasteiger partial charge in [0, 0.05) is 33.8 Å². The van der Waals surface area contributed by atoms with E-state index in [1.807, 2.05) is 4.90 Å². The molecule has 0 atom stereocenters. The van der Waals surface area contributed by atoms with Crippen molar-refractivity contribution < 1.29 is 13.9 Å². The maximum atomic E-state index is 13.9. The summed E-state index contributed by atoms with van der Waals surface area (Å²) in [7, 11) is 3.37. The first-order valence-corrected chi connectivity index (χ1v) is 6.86. The average Bonchev–Trinajstić information content (AvgIpc) is 2.48. The number of hydrogen-bond acceptors (Lipinski definition) is 5. The van der Waals surface area contributed by atoms with Gasteiger partial charge in [0.25, 0.3) is 0 Å². The molecule has 116 valence electrons. The highest BCUT2D eigenvalue weighted by Gasteiger charge is 2.36. The van der Waals surface area contributed by atoms with E-state index in [0.29, 0.717) is 43.9 Å². The molecule has 1 aliphatic rings. The second-order valence-electron chi connectivity index (χ2n) is 5.45. The van der Waals surface area contributed by atoms with Gasteiger partial charge in [0.05, 0.1) is 29.4 Å². The first-order valence-electron chi connectivity index (χ1n) is 6.86. The van der Waals surface area contributed by atoms with Crippen LogP contribution in [0.3, 0.4) is 0 Å². The highest BCUT2D eigenvalue weighted by Crippen LogP contribution is 2.33. The minimum absolute atomic E-state index is 0.338. The van der Waals surface area contributed by atoms with Gasteiger partial charge in [-0.3, -0.25) is 9.78 Å². The molecular weight excluding hydrogens is 275 g/mol. The number of likely N-dealkylation sites (N-methyl/N-ethyl adjacent to an activating group) is 1. The molecule has 0 spiro atoms. The normalized spacial score (nSPS) is 17.6. The predicted molar refractivity (Wildman–Crippen MR) is 78.5 cm³/mol. The number of nitrogen functional groups attached to an aromatic ring is 1. The number of amides is 1. The Hall–Kier alpha value is -1.89. The molecule has 1 fully saturated rings. The van der Waals surface area contributed by atoms with E-state index in [1.165, 1.54) is 12.4 Å². The summed E-state index contributed by atoms with van der Waals surface area (Å²) in [5.41, 5.74) is 6.18. The van der Waals surface area contributed by atoms with Crippen LogP contribution in [0.5, 0.6) is 0 Å². The molecular formula is C14H21FN4O2. The number of aromatic nitrogens is 1. The summed E-state index contributed by atoms with van der Waals surface area (Å²) in [6.45, 7) is 1.76. The summed E-state index contributed by atoms with van der Waals surface area (Å²) in [5.74, 6) is -0.412. The third-order valence-corrected chi connectivity index (χ3v) is 4.04. The van der Waals surface area contributed by atoms with Crippen molar-refractivity contribution in [1.82, 2.24) is 9.88 Å². The fourth-order valence-electron chi connectivity index (χ4n) is 2.83. The van der Waals surface area contributed by atoms with Crippen molar-refractivity contribution in [2.75, 3.05) is 44.4 Å². The number of rotatable bonds is 5. The number of carbonyl (C=O) groups excluding carboxylic acids is 1. The third-order valence-electron chi connectivity index (χ3n) is 4.04. The topological polar surface area (TPSA) is 71.7 Å². The number of anilines is 2. The fraction of sp³-hybridized carbons (Fsp3) is 0.571. The van der Waals surface area contributed by atoms with Gasteiger partial charge in [0.2, 0.25) is 6.41 Å². The first-order chi connectivity index (χ1) is 10.0. The van der Waals surface area contributed by atoms with Crippen LogP contribution in [-0.2, 0) is 9.53 Å². The summed E-state index contributed by atoms with van der Waals surface area (Å²) in [6, 6.07) is 0. The molecule has 21 heavy (non-hydrogen) atoms. The summed E-state index contributed by atoms with van der Waals surface area (Å²) >= 11 is 0. The van der Waals surface area contributed by atoms with Crippen LogP contribution in [0.4, 0.5) is 15.8 Å². The Balaban J connectivity index is 2.10. The second-order valence-corrected chi connectivity index (χ2v) is 5.45. The number of piperidine rings is 1. The number of nitrogens with two attached hydrogens (primary N) is 1. The standard InChI is InChI=1S/C14H21FN4O2/c1-18(10-20)9-14(21-2)3-5-19(6-4-14)13-11(15)7-17-8-12(13)16/h7-8,10H,3-6,9,16H2,1-2H3. The van der Waals surface area contributed by atoms with Gasteiger partial charge in [-0.25, -0.2) is 4.39 Å². The number of halogens is 1. The number of nitrogens with zero attached hydrogens (tertiary/aromatic N) is 3. The lowest BCUT2D eigenvalue weighted by Crippen LogP contribution is -2.51. The molecule has 0 saturated carbocycles. The molecule has 6 nitrogen and oxygen atoms in total. The predicted octanol–water partition coefficient (Wildman–Crippen LogP) is 0.876. The van der Waals surface area contributed by atoms with Crippen LogP contribution in [0.1, 0.15) is 12.8 Å². The number of ether oxygens (including phenoxy) is 1. The molecule has 0 radical (unpaired) electrons. The van der Waals surface area contributed by atoms with Gasteiger partial charge in [-0.15, -0.1) is 0 Å². The van der Waals surface area contributed by atoms with E-state index in [1.54, 1.807) is 19.1 Å². The minimum Gasteiger partial charge on any atom is -0.396 e. The van der Waals surface area contributed by atoms with Crippen molar-refractivity contribution in [3.8, 4) is 0 Å². The maximum Gasteiger partial charge on any atom is 0.209 e. The number of pyridine rings is 1. The Kier molecular flexibility index (Phi) is 4.62. The minimum atomic E-state index is -0.412. The number of methoxy groups -OCH3 is 1. The Morgan fingerprint density at radius 3 is 2.71 bits per heavy atom. The number of hydrogen-bond donors (Lipinski definition) is 1. The molecule has 1 aromatic heterocycles. The average molecular weight is 296 g/mol. The fourth-order valence-corrected chi connectivity index (χ4v) is 2.83. The summed E-state index contributed by atoms with van der Waals surface area (Å²) < 4.78 is 19.5. The molecule has 0 aromatic carbocycles. The Labute approximate surface area is 123 Å². The van der Waals surface area contributed by atoms with E-state index in [0.717, 1.165) is 6.41 Å². The lowest BCUT2D eigenvalue weighted by atomic mass is 9.90. The van der Waals surface area contributed by atoms with E-state index < -0.39 is 5.82 Å².